The average molecular weight is 352 g/mol. The van der Waals surface area contributed by atoms with Gasteiger partial charge in [0.1, 0.15) is 11.6 Å². The molecule has 0 aliphatic carbocycles. The molecule has 2 aromatic heterocycles. The van der Waals surface area contributed by atoms with E-state index in [1.165, 1.54) is 5.69 Å². The third kappa shape index (κ3) is 4.11. The van der Waals surface area contributed by atoms with Crippen LogP contribution in [0.15, 0.2) is 41.1 Å². The van der Waals surface area contributed by atoms with E-state index in [0.29, 0.717) is 17.6 Å². The van der Waals surface area contributed by atoms with E-state index < -0.39 is 0 Å². The molecule has 0 aliphatic heterocycles. The first kappa shape index (κ1) is 17.7. The molecule has 0 radical (unpaired) electrons. The van der Waals surface area contributed by atoms with E-state index >= 15 is 0 Å². The van der Waals surface area contributed by atoms with Gasteiger partial charge in [-0.25, -0.2) is 4.98 Å². The standard InChI is InChI=1S/C19H24N6O/c1-5-25(6-2)15-7-8-16(13(3)11-15)21-17-9-10-20-19(22-17)23-18-12-14(4)26-24-18/h7-12H,5-6H2,1-4H3,(H2,20,21,22,23,24). The number of hydrogen-bond acceptors (Lipinski definition) is 7. The molecule has 0 fully saturated rings. The van der Waals surface area contributed by atoms with Gasteiger partial charge in [-0.3, -0.25) is 0 Å². The number of aromatic nitrogens is 3. The molecular weight excluding hydrogens is 328 g/mol. The van der Waals surface area contributed by atoms with Crippen LogP contribution < -0.4 is 15.5 Å². The number of anilines is 5. The predicted octanol–water partition coefficient (Wildman–Crippen LogP) is 4.41. The molecular formula is C19H24N6O. The van der Waals surface area contributed by atoms with Gasteiger partial charge in [-0.15, -0.1) is 0 Å². The highest BCUT2D eigenvalue weighted by Gasteiger charge is 2.07. The minimum atomic E-state index is 0.459. The Kier molecular flexibility index (Phi) is 5.36. The molecule has 2 heterocycles. The molecule has 2 N–H and O–H groups in total. The fourth-order valence-corrected chi connectivity index (χ4v) is 2.74. The van der Waals surface area contributed by atoms with Crippen molar-refractivity contribution in [3.8, 4) is 0 Å². The summed E-state index contributed by atoms with van der Waals surface area (Å²) in [5.41, 5.74) is 3.40. The van der Waals surface area contributed by atoms with E-state index in [1.54, 1.807) is 12.3 Å². The first-order valence-electron chi connectivity index (χ1n) is 8.75. The van der Waals surface area contributed by atoms with Crippen molar-refractivity contribution in [1.29, 1.82) is 0 Å². The zero-order valence-electron chi connectivity index (χ0n) is 15.6. The average Bonchev–Trinajstić information content (AvgIpc) is 3.03. The maximum atomic E-state index is 5.04. The molecule has 0 saturated carbocycles. The smallest absolute Gasteiger partial charge is 0.230 e. The molecule has 3 aromatic rings. The zero-order chi connectivity index (χ0) is 18.5. The fraction of sp³-hybridized carbons (Fsp3) is 0.316. The largest absolute Gasteiger partial charge is 0.372 e. The van der Waals surface area contributed by atoms with Crippen LogP contribution in [0, 0.1) is 13.8 Å². The lowest BCUT2D eigenvalue weighted by molar-refractivity contribution is 0.400. The summed E-state index contributed by atoms with van der Waals surface area (Å²) in [6.45, 7) is 10.2. The van der Waals surface area contributed by atoms with E-state index in [0.717, 1.165) is 30.1 Å². The normalized spacial score (nSPS) is 10.6. The molecule has 7 nitrogen and oxygen atoms in total. The number of aryl methyl sites for hydroxylation is 2. The van der Waals surface area contributed by atoms with Gasteiger partial charge in [-0.2, -0.15) is 4.98 Å². The topological polar surface area (TPSA) is 79.1 Å². The molecule has 0 amide bonds. The van der Waals surface area contributed by atoms with E-state index in [1.807, 2.05) is 13.0 Å². The van der Waals surface area contributed by atoms with Crippen LogP contribution in [-0.2, 0) is 0 Å². The quantitative estimate of drug-likeness (QED) is 0.652. The molecule has 136 valence electrons. The van der Waals surface area contributed by atoms with Crippen LogP contribution in [0.25, 0.3) is 0 Å². The van der Waals surface area contributed by atoms with Crippen molar-refractivity contribution in [3.63, 3.8) is 0 Å². The summed E-state index contributed by atoms with van der Waals surface area (Å²) in [5, 5.41) is 10.3. The second kappa shape index (κ2) is 7.86. The highest BCUT2D eigenvalue weighted by Crippen LogP contribution is 2.25. The molecule has 26 heavy (non-hydrogen) atoms. The van der Waals surface area contributed by atoms with Gasteiger partial charge >= 0.3 is 0 Å². The van der Waals surface area contributed by atoms with Gasteiger partial charge in [0.15, 0.2) is 5.82 Å². The lowest BCUT2D eigenvalue weighted by Crippen LogP contribution is -2.21. The summed E-state index contributed by atoms with van der Waals surface area (Å²) >= 11 is 0. The number of hydrogen-bond donors (Lipinski definition) is 2. The first-order valence-corrected chi connectivity index (χ1v) is 8.75. The summed E-state index contributed by atoms with van der Waals surface area (Å²) in [6, 6.07) is 10.0. The molecule has 0 saturated heterocycles. The Morgan fingerprint density at radius 3 is 2.46 bits per heavy atom. The molecule has 0 unspecified atom stereocenters. The summed E-state index contributed by atoms with van der Waals surface area (Å²) in [6.07, 6.45) is 1.70. The molecule has 1 aromatic carbocycles. The van der Waals surface area contributed by atoms with Crippen LogP contribution in [0.3, 0.4) is 0 Å². The van der Waals surface area contributed by atoms with Crippen LogP contribution in [0.4, 0.5) is 29.0 Å². The monoisotopic (exact) mass is 352 g/mol. The van der Waals surface area contributed by atoms with Gasteiger partial charge in [-0.1, -0.05) is 5.16 Å². The highest BCUT2D eigenvalue weighted by molar-refractivity contribution is 5.66. The van der Waals surface area contributed by atoms with Crippen molar-refractivity contribution < 1.29 is 4.52 Å². The summed E-state index contributed by atoms with van der Waals surface area (Å²) in [7, 11) is 0. The molecule has 0 atom stereocenters. The summed E-state index contributed by atoms with van der Waals surface area (Å²) in [5.74, 6) is 2.48. The fourth-order valence-electron chi connectivity index (χ4n) is 2.74. The Morgan fingerprint density at radius 2 is 1.81 bits per heavy atom. The second-order valence-corrected chi connectivity index (χ2v) is 6.01. The van der Waals surface area contributed by atoms with Crippen molar-refractivity contribution in [3.05, 3.63) is 47.9 Å². The second-order valence-electron chi connectivity index (χ2n) is 6.01. The SMILES string of the molecule is CCN(CC)c1ccc(Nc2ccnc(Nc3cc(C)on3)n2)c(C)c1. The molecule has 0 spiro atoms. The molecule has 0 bridgehead atoms. The van der Waals surface area contributed by atoms with Crippen molar-refractivity contribution in [2.24, 2.45) is 0 Å². The number of rotatable bonds is 7. The van der Waals surface area contributed by atoms with Crippen LogP contribution >= 0.6 is 0 Å². The Hall–Kier alpha value is -3.09. The molecule has 7 heteroatoms. The van der Waals surface area contributed by atoms with E-state index in [9.17, 15) is 0 Å². The lowest BCUT2D eigenvalue weighted by atomic mass is 10.1. The Bertz CT molecular complexity index is 872. The lowest BCUT2D eigenvalue weighted by Gasteiger charge is -2.22. The zero-order valence-corrected chi connectivity index (χ0v) is 15.6. The number of nitrogens with one attached hydrogen (secondary N) is 2. The Balaban J connectivity index is 1.75. The Morgan fingerprint density at radius 1 is 1.00 bits per heavy atom. The van der Waals surface area contributed by atoms with Crippen molar-refractivity contribution in [2.75, 3.05) is 28.6 Å². The number of benzene rings is 1. The van der Waals surface area contributed by atoms with Gasteiger partial charge in [0.05, 0.1) is 0 Å². The van der Waals surface area contributed by atoms with E-state index in [-0.39, 0.29) is 0 Å². The maximum absolute atomic E-state index is 5.04. The van der Waals surface area contributed by atoms with Gasteiger partial charge in [0.25, 0.3) is 0 Å². The van der Waals surface area contributed by atoms with E-state index in [2.05, 4.69) is 69.6 Å². The highest BCUT2D eigenvalue weighted by atomic mass is 16.5. The van der Waals surface area contributed by atoms with Crippen molar-refractivity contribution in [2.45, 2.75) is 27.7 Å². The summed E-state index contributed by atoms with van der Waals surface area (Å²) < 4.78 is 5.04. The van der Waals surface area contributed by atoms with Gasteiger partial charge in [-0.05, 0) is 57.5 Å². The Labute approximate surface area is 153 Å². The minimum absolute atomic E-state index is 0.459. The van der Waals surface area contributed by atoms with Crippen LogP contribution in [-0.4, -0.2) is 28.2 Å². The third-order valence-corrected chi connectivity index (χ3v) is 4.12. The van der Waals surface area contributed by atoms with E-state index in [4.69, 9.17) is 4.52 Å². The predicted molar refractivity (Wildman–Crippen MR) is 105 cm³/mol. The van der Waals surface area contributed by atoms with Crippen LogP contribution in [0.5, 0.6) is 0 Å². The van der Waals surface area contributed by atoms with Crippen molar-refractivity contribution >= 4 is 29.0 Å². The maximum Gasteiger partial charge on any atom is 0.230 e. The van der Waals surface area contributed by atoms with Gasteiger partial charge in [0.2, 0.25) is 5.95 Å². The first-order chi connectivity index (χ1) is 12.6. The van der Waals surface area contributed by atoms with Crippen LogP contribution in [0.1, 0.15) is 25.2 Å². The van der Waals surface area contributed by atoms with Crippen LogP contribution in [0.2, 0.25) is 0 Å². The number of nitrogens with zero attached hydrogens (tertiary/aromatic N) is 4. The summed E-state index contributed by atoms with van der Waals surface area (Å²) in [4.78, 5) is 11.0. The van der Waals surface area contributed by atoms with Gasteiger partial charge < -0.3 is 20.1 Å². The van der Waals surface area contributed by atoms with Gasteiger partial charge in [0, 0.05) is 36.7 Å². The minimum Gasteiger partial charge on any atom is -0.372 e. The van der Waals surface area contributed by atoms with Crippen molar-refractivity contribution in [1.82, 2.24) is 15.1 Å². The molecule has 0 aliphatic rings. The third-order valence-electron chi connectivity index (χ3n) is 4.12. The molecule has 3 rings (SSSR count).